The number of rotatable bonds is 27. The molecule has 1 heterocycles. The molecule has 0 saturated carbocycles. The number of ether oxygens (including phenoxy) is 2. The van der Waals surface area contributed by atoms with Gasteiger partial charge in [0.15, 0.2) is 12.6 Å². The van der Waals surface area contributed by atoms with E-state index in [0.29, 0.717) is 26.2 Å². The number of hydrogen-bond acceptors (Lipinski definition) is 15. The quantitative estimate of drug-likeness (QED) is 0.0292. The number of Topliss-reactive ketones (excluding diaryl/α,β-unsaturated/α-hetero) is 1. The zero-order valence-corrected chi connectivity index (χ0v) is 36.2. The van der Waals surface area contributed by atoms with Crippen LogP contribution in [0.1, 0.15) is 51.0 Å². The first kappa shape index (κ1) is 52.2. The average Bonchev–Trinajstić information content (AvgIpc) is 3.16. The van der Waals surface area contributed by atoms with Gasteiger partial charge < -0.3 is 55.5 Å². The van der Waals surface area contributed by atoms with Gasteiger partial charge in [-0.1, -0.05) is 12.1 Å². The highest BCUT2D eigenvalue weighted by Gasteiger charge is 2.30. The van der Waals surface area contributed by atoms with E-state index in [9.17, 15) is 54.6 Å². The second kappa shape index (κ2) is 30.2. The molecule has 20 heteroatoms. The van der Waals surface area contributed by atoms with Crippen molar-refractivity contribution in [2.24, 2.45) is 0 Å². The monoisotopic (exact) mass is 952 g/mol. The van der Waals surface area contributed by atoms with Crippen LogP contribution in [0.15, 0.2) is 24.3 Å². The molecule has 2 atom stereocenters. The van der Waals surface area contributed by atoms with Crippen LogP contribution in [0.25, 0.3) is 0 Å². The summed E-state index contributed by atoms with van der Waals surface area (Å²) in [5, 5.41) is 65.0. The van der Waals surface area contributed by atoms with Crippen LogP contribution >= 0.6 is 22.6 Å². The van der Waals surface area contributed by atoms with Gasteiger partial charge >= 0.3 is 11.9 Å². The molecule has 59 heavy (non-hydrogen) atoms. The van der Waals surface area contributed by atoms with Gasteiger partial charge in [0.05, 0.1) is 26.4 Å². The predicted octanol–water partition coefficient (Wildman–Crippen LogP) is -1.22. The number of carbonyl (C=O) groups excluding carboxylic acids is 3. The van der Waals surface area contributed by atoms with Crippen LogP contribution in [0.5, 0.6) is 0 Å². The van der Waals surface area contributed by atoms with Crippen LogP contribution in [-0.4, -0.2) is 209 Å². The Morgan fingerprint density at radius 1 is 0.644 bits per heavy atom. The van der Waals surface area contributed by atoms with E-state index in [0.717, 1.165) is 12.8 Å². The molecule has 0 radical (unpaired) electrons. The average molecular weight is 953 g/mol. The lowest BCUT2D eigenvalue weighted by Crippen LogP contribution is -2.53. The largest absolute Gasteiger partial charge is 0.480 e. The number of aliphatic hydroxyl groups excluding tert-OH is 2. The van der Waals surface area contributed by atoms with Gasteiger partial charge in [-0.2, -0.15) is 0 Å². The molecule has 1 saturated heterocycles. The van der Waals surface area contributed by atoms with E-state index in [4.69, 9.17) is 9.47 Å². The molecular weight excluding hydrogens is 887 g/mol. The standard InChI is InChI=1S/C39H65IN6O13/c1-29(47)5-10-32(38(54)55)45-19-15-43(27-36(50)51)17-21-46(22-18-44(16-20-45)28-37(52)53)33(39(56)57)11-12-35(49)42-14-24-59-26-25-58-23-13-41-34(48)4-2-3-30-6-8-31(40)9-7-30/h6-9,32-33,36-37,50-53H,2-5,10-28H2,1H3,(H,41,48)(H,42,49)(H,54,55)(H,56,57). The third kappa shape index (κ3) is 24.2. The van der Waals surface area contributed by atoms with Crippen molar-refractivity contribution in [1.29, 1.82) is 0 Å². The zero-order valence-electron chi connectivity index (χ0n) is 34.1. The second-order valence-corrected chi connectivity index (χ2v) is 15.8. The van der Waals surface area contributed by atoms with E-state index in [1.807, 2.05) is 12.1 Å². The van der Waals surface area contributed by atoms with Crippen LogP contribution < -0.4 is 10.6 Å². The molecule has 0 spiro atoms. The summed E-state index contributed by atoms with van der Waals surface area (Å²) in [4.78, 5) is 68.0. The molecule has 1 aromatic rings. The van der Waals surface area contributed by atoms with Gasteiger partial charge in [0.2, 0.25) is 11.8 Å². The topological polar surface area (TPSA) is 262 Å². The third-order valence-electron chi connectivity index (χ3n) is 9.81. The van der Waals surface area contributed by atoms with E-state index in [1.165, 1.54) is 16.1 Å². The molecule has 0 bridgehead atoms. The first-order valence-corrected chi connectivity index (χ1v) is 21.3. The number of carbonyl (C=O) groups is 5. The summed E-state index contributed by atoms with van der Waals surface area (Å²) in [6, 6.07) is 6.12. The highest BCUT2D eigenvalue weighted by atomic mass is 127. The lowest BCUT2D eigenvalue weighted by molar-refractivity contribution is -0.144. The number of halogens is 1. The highest BCUT2D eigenvalue weighted by molar-refractivity contribution is 14.1. The van der Waals surface area contributed by atoms with Crippen LogP contribution in [0, 0.1) is 3.57 Å². The maximum atomic E-state index is 12.7. The number of ketones is 1. The van der Waals surface area contributed by atoms with Crippen molar-refractivity contribution in [2.45, 2.75) is 76.5 Å². The van der Waals surface area contributed by atoms with Gasteiger partial charge in [0, 0.05) is 101 Å². The minimum Gasteiger partial charge on any atom is -0.480 e. The number of aliphatic hydroxyl groups is 4. The number of nitrogens with one attached hydrogen (secondary N) is 2. The number of carboxylic acid groups (broad SMARTS) is 2. The molecule has 0 aliphatic carbocycles. The molecular formula is C39H65IN6O13. The van der Waals surface area contributed by atoms with Crippen molar-refractivity contribution >= 4 is 52.1 Å². The zero-order chi connectivity index (χ0) is 43.6. The molecule has 0 aromatic heterocycles. The van der Waals surface area contributed by atoms with E-state index in [2.05, 4.69) is 45.4 Å². The summed E-state index contributed by atoms with van der Waals surface area (Å²) >= 11 is 2.26. The van der Waals surface area contributed by atoms with E-state index < -0.39 is 36.6 Å². The van der Waals surface area contributed by atoms with Crippen molar-refractivity contribution in [3.8, 4) is 0 Å². The summed E-state index contributed by atoms with van der Waals surface area (Å²) in [5.41, 5.74) is 1.20. The SMILES string of the molecule is CC(=O)CCC(C(=O)O)N1CCN(CC(O)O)CCN(C(CCC(=O)NCCOCCOCCNC(=O)CCCc2ccc(I)cc2)C(=O)O)CCN(CC(O)O)CC1. The number of hydrogen-bond donors (Lipinski definition) is 8. The highest BCUT2D eigenvalue weighted by Crippen LogP contribution is 2.14. The Morgan fingerprint density at radius 3 is 1.47 bits per heavy atom. The fourth-order valence-corrected chi connectivity index (χ4v) is 7.00. The van der Waals surface area contributed by atoms with Gasteiger partial charge in [0.25, 0.3) is 0 Å². The molecule has 1 aromatic carbocycles. The molecule has 2 rings (SSSR count). The van der Waals surface area contributed by atoms with E-state index >= 15 is 0 Å². The number of nitrogens with zero attached hydrogens (tertiary/aromatic N) is 4. The van der Waals surface area contributed by atoms with Gasteiger partial charge in [-0.05, 0) is 72.9 Å². The van der Waals surface area contributed by atoms with Gasteiger partial charge in [0.1, 0.15) is 17.9 Å². The summed E-state index contributed by atoms with van der Waals surface area (Å²) < 4.78 is 12.2. The van der Waals surface area contributed by atoms with Gasteiger partial charge in [-0.3, -0.25) is 38.8 Å². The molecule has 8 N–H and O–H groups in total. The Balaban J connectivity index is 1.82. The second-order valence-electron chi connectivity index (χ2n) is 14.5. The van der Waals surface area contributed by atoms with Crippen molar-refractivity contribution in [3.63, 3.8) is 0 Å². The van der Waals surface area contributed by atoms with Crippen LogP contribution in [0.3, 0.4) is 0 Å². The molecule has 1 fully saturated rings. The smallest absolute Gasteiger partial charge is 0.320 e. The van der Waals surface area contributed by atoms with Gasteiger partial charge in [-0.15, -0.1) is 0 Å². The summed E-state index contributed by atoms with van der Waals surface area (Å²) in [6.45, 7) is 4.11. The minimum atomic E-state index is -1.71. The molecule has 336 valence electrons. The number of aliphatic carboxylic acids is 2. The Kier molecular flexibility index (Phi) is 26.7. The number of benzene rings is 1. The number of β-amino-alcohol motifs (C(OH)–C–C–N with tert-alkyl or cyclic N) is 4. The maximum absolute atomic E-state index is 12.7. The first-order chi connectivity index (χ1) is 28.1. The lowest BCUT2D eigenvalue weighted by Gasteiger charge is -2.37. The van der Waals surface area contributed by atoms with E-state index in [-0.39, 0.29) is 128 Å². The van der Waals surface area contributed by atoms with Crippen molar-refractivity contribution in [3.05, 3.63) is 33.4 Å². The normalized spacial score (nSPS) is 16.6. The Bertz CT molecular complexity index is 1370. The summed E-state index contributed by atoms with van der Waals surface area (Å²) in [6.07, 6.45) is -1.39. The number of carboxylic acids is 2. The molecule has 19 nitrogen and oxygen atoms in total. The molecule has 1 aliphatic heterocycles. The Labute approximate surface area is 360 Å². The Hall–Kier alpha value is -2.90. The van der Waals surface area contributed by atoms with Gasteiger partial charge in [-0.25, -0.2) is 0 Å². The van der Waals surface area contributed by atoms with Crippen LogP contribution in [0.4, 0.5) is 0 Å². The fourth-order valence-electron chi connectivity index (χ4n) is 6.64. The molecule has 1 aliphatic rings. The fraction of sp³-hybridized carbons (Fsp3) is 0.718. The minimum absolute atomic E-state index is 0.0276. The van der Waals surface area contributed by atoms with E-state index in [1.54, 1.807) is 19.6 Å². The van der Waals surface area contributed by atoms with Crippen molar-refractivity contribution in [2.75, 3.05) is 105 Å². The predicted molar refractivity (Wildman–Crippen MR) is 224 cm³/mol. The maximum Gasteiger partial charge on any atom is 0.320 e. The van der Waals surface area contributed by atoms with Crippen LogP contribution in [-0.2, 0) is 39.9 Å². The Morgan fingerprint density at radius 2 is 1.07 bits per heavy atom. The number of amides is 2. The third-order valence-corrected chi connectivity index (χ3v) is 10.5. The van der Waals surface area contributed by atoms with Crippen molar-refractivity contribution < 1.29 is 64.1 Å². The summed E-state index contributed by atoms with van der Waals surface area (Å²) in [5.74, 6) is -2.83. The first-order valence-electron chi connectivity index (χ1n) is 20.2. The summed E-state index contributed by atoms with van der Waals surface area (Å²) in [7, 11) is 0. The van der Waals surface area contributed by atoms with Crippen molar-refractivity contribution in [1.82, 2.24) is 30.2 Å². The number of aryl methyl sites for hydroxylation is 1. The van der Waals surface area contributed by atoms with Crippen LogP contribution in [0.2, 0.25) is 0 Å². The molecule has 2 amide bonds. The molecule has 2 unspecified atom stereocenters. The lowest BCUT2D eigenvalue weighted by atomic mass is 10.1.